The lowest BCUT2D eigenvalue weighted by Crippen LogP contribution is -2.41. The number of aliphatic hydroxyl groups excluding tert-OH is 1. The molecule has 2 aliphatic rings. The van der Waals surface area contributed by atoms with E-state index in [0.29, 0.717) is 5.56 Å². The molecule has 2 aliphatic heterocycles. The molecule has 128 valence electrons. The van der Waals surface area contributed by atoms with Gasteiger partial charge < -0.3 is 19.3 Å². The molecule has 0 radical (unpaired) electrons. The van der Waals surface area contributed by atoms with Crippen molar-refractivity contribution in [2.45, 2.75) is 57.8 Å². The molecule has 0 bridgehead atoms. The van der Waals surface area contributed by atoms with E-state index in [-0.39, 0.29) is 6.10 Å². The summed E-state index contributed by atoms with van der Waals surface area (Å²) >= 11 is 0. The molecule has 3 rings (SSSR count). The van der Waals surface area contributed by atoms with Crippen LogP contribution in [0.15, 0.2) is 18.2 Å². The van der Waals surface area contributed by atoms with E-state index in [1.165, 1.54) is 0 Å². The number of hydrogen-bond donors (Lipinski definition) is 1. The lowest BCUT2D eigenvalue weighted by Gasteiger charge is -2.32. The molecule has 1 N–H and O–H groups in total. The molecule has 0 aromatic heterocycles. The summed E-state index contributed by atoms with van der Waals surface area (Å²) in [4.78, 5) is 2.21. The van der Waals surface area contributed by atoms with Crippen molar-refractivity contribution >= 4 is 18.3 Å². The van der Waals surface area contributed by atoms with Crippen LogP contribution >= 0.6 is 0 Å². The van der Waals surface area contributed by atoms with Gasteiger partial charge in [0.15, 0.2) is 0 Å². The second-order valence-electron chi connectivity index (χ2n) is 7.73. The minimum Gasteiger partial charge on any atom is -0.399 e. The van der Waals surface area contributed by atoms with E-state index < -0.39 is 18.3 Å². The van der Waals surface area contributed by atoms with Gasteiger partial charge in [-0.25, -0.2) is 0 Å². The average molecular weight is 328 g/mol. The first-order valence-corrected chi connectivity index (χ1v) is 8.55. The summed E-state index contributed by atoms with van der Waals surface area (Å²) in [6.07, 6.45) is 1.29. The van der Waals surface area contributed by atoms with Gasteiger partial charge in [-0.3, -0.25) is 0 Å². The number of hydrogen-bond acceptors (Lipinski definition) is 5. The summed E-state index contributed by atoms with van der Waals surface area (Å²) in [5, 5.41) is 19.1. The fourth-order valence-corrected chi connectivity index (χ4v) is 3.12. The molecule has 1 aromatic carbocycles. The molecule has 0 spiro atoms. The van der Waals surface area contributed by atoms with Gasteiger partial charge in [-0.15, -0.1) is 0 Å². The van der Waals surface area contributed by atoms with Gasteiger partial charge in [0.25, 0.3) is 0 Å². The predicted molar refractivity (Wildman–Crippen MR) is 94.3 cm³/mol. The molecular weight excluding hydrogens is 303 g/mol. The zero-order valence-electron chi connectivity index (χ0n) is 14.9. The number of nitriles is 1. The van der Waals surface area contributed by atoms with E-state index in [1.807, 2.05) is 45.9 Å². The average Bonchev–Trinajstić information content (AvgIpc) is 2.76. The Morgan fingerprint density at radius 3 is 2.25 bits per heavy atom. The maximum absolute atomic E-state index is 9.70. The van der Waals surface area contributed by atoms with Crippen molar-refractivity contribution in [3.8, 4) is 6.07 Å². The standard InChI is InChI=1S/C18H25BN2O3/c1-17(2)18(3,4)24-19(23-17)14-9-13(12-20)10-15(11-14)21-7-5-16(22)6-8-21/h9-11,16,22H,5-8H2,1-4H3. The summed E-state index contributed by atoms with van der Waals surface area (Å²) in [6, 6.07) is 8.01. The van der Waals surface area contributed by atoms with Gasteiger partial charge in [-0.05, 0) is 64.2 Å². The summed E-state index contributed by atoms with van der Waals surface area (Å²) in [5.74, 6) is 0. The first-order valence-electron chi connectivity index (χ1n) is 8.55. The number of nitrogens with zero attached hydrogens (tertiary/aromatic N) is 2. The quantitative estimate of drug-likeness (QED) is 0.839. The molecule has 0 amide bonds. The Morgan fingerprint density at radius 2 is 1.71 bits per heavy atom. The molecule has 6 heteroatoms. The van der Waals surface area contributed by atoms with Gasteiger partial charge in [0.1, 0.15) is 0 Å². The van der Waals surface area contributed by atoms with Crippen LogP contribution in [0, 0.1) is 11.3 Å². The highest BCUT2D eigenvalue weighted by Crippen LogP contribution is 2.36. The van der Waals surface area contributed by atoms with Crippen molar-refractivity contribution in [2.24, 2.45) is 0 Å². The van der Waals surface area contributed by atoms with Crippen LogP contribution in [0.25, 0.3) is 0 Å². The summed E-state index contributed by atoms with van der Waals surface area (Å²) in [6.45, 7) is 9.67. The van der Waals surface area contributed by atoms with Crippen molar-refractivity contribution in [1.29, 1.82) is 5.26 Å². The Labute approximate surface area is 144 Å². The van der Waals surface area contributed by atoms with Crippen molar-refractivity contribution < 1.29 is 14.4 Å². The van der Waals surface area contributed by atoms with Crippen molar-refractivity contribution in [1.82, 2.24) is 0 Å². The third-order valence-electron chi connectivity index (χ3n) is 5.42. The molecule has 0 saturated carbocycles. The number of benzene rings is 1. The third-order valence-corrected chi connectivity index (χ3v) is 5.42. The first kappa shape index (κ1) is 17.3. The van der Waals surface area contributed by atoms with E-state index in [9.17, 15) is 10.4 Å². The van der Waals surface area contributed by atoms with Crippen LogP contribution in [-0.2, 0) is 9.31 Å². The highest BCUT2D eigenvalue weighted by atomic mass is 16.7. The van der Waals surface area contributed by atoms with Gasteiger partial charge in [0.2, 0.25) is 0 Å². The van der Waals surface area contributed by atoms with Gasteiger partial charge in [-0.2, -0.15) is 5.26 Å². The fourth-order valence-electron chi connectivity index (χ4n) is 3.12. The van der Waals surface area contributed by atoms with E-state index >= 15 is 0 Å². The molecule has 0 atom stereocenters. The largest absolute Gasteiger partial charge is 0.494 e. The Morgan fingerprint density at radius 1 is 1.12 bits per heavy atom. The molecular formula is C18H25BN2O3. The zero-order chi connectivity index (χ0) is 17.5. The van der Waals surface area contributed by atoms with Gasteiger partial charge >= 0.3 is 7.12 Å². The Bertz CT molecular complexity index is 645. The number of aliphatic hydroxyl groups is 1. The van der Waals surface area contributed by atoms with Crippen LogP contribution in [-0.4, -0.2) is 42.6 Å². The second-order valence-corrected chi connectivity index (χ2v) is 7.73. The third kappa shape index (κ3) is 3.17. The summed E-state index contributed by atoms with van der Waals surface area (Å²) < 4.78 is 12.2. The van der Waals surface area contributed by atoms with Gasteiger partial charge in [0, 0.05) is 18.8 Å². The minimum atomic E-state index is -0.475. The van der Waals surface area contributed by atoms with Crippen molar-refractivity contribution in [3.63, 3.8) is 0 Å². The van der Waals surface area contributed by atoms with Crippen molar-refractivity contribution in [3.05, 3.63) is 23.8 Å². The van der Waals surface area contributed by atoms with Gasteiger partial charge in [-0.1, -0.05) is 0 Å². The highest BCUT2D eigenvalue weighted by Gasteiger charge is 2.51. The van der Waals surface area contributed by atoms with Crippen LogP contribution in [0.5, 0.6) is 0 Å². The van der Waals surface area contributed by atoms with Gasteiger partial charge in [0.05, 0.1) is 28.9 Å². The SMILES string of the molecule is CC1(C)OB(c2cc(C#N)cc(N3CCC(O)CC3)c2)OC1(C)C. The molecule has 24 heavy (non-hydrogen) atoms. The minimum absolute atomic E-state index is 0.219. The predicted octanol–water partition coefficient (Wildman–Crippen LogP) is 1.82. The lowest BCUT2D eigenvalue weighted by molar-refractivity contribution is 0.00578. The Balaban J connectivity index is 1.90. The molecule has 5 nitrogen and oxygen atoms in total. The lowest BCUT2D eigenvalue weighted by atomic mass is 9.78. The van der Waals surface area contributed by atoms with Crippen LogP contribution in [0.1, 0.15) is 46.1 Å². The highest BCUT2D eigenvalue weighted by molar-refractivity contribution is 6.62. The molecule has 2 heterocycles. The van der Waals surface area contributed by atoms with Crippen LogP contribution in [0.3, 0.4) is 0 Å². The molecule has 0 unspecified atom stereocenters. The summed E-state index contributed by atoms with van der Waals surface area (Å²) in [7, 11) is -0.475. The van der Waals surface area contributed by atoms with Crippen LogP contribution in [0.4, 0.5) is 5.69 Å². The van der Waals surface area contributed by atoms with Crippen LogP contribution in [0.2, 0.25) is 0 Å². The Kier molecular flexibility index (Phi) is 4.37. The number of rotatable bonds is 2. The zero-order valence-corrected chi connectivity index (χ0v) is 14.9. The smallest absolute Gasteiger partial charge is 0.399 e. The van der Waals surface area contributed by atoms with E-state index in [0.717, 1.165) is 37.1 Å². The fraction of sp³-hybridized carbons (Fsp3) is 0.611. The molecule has 2 saturated heterocycles. The van der Waals surface area contributed by atoms with E-state index in [2.05, 4.69) is 11.0 Å². The number of piperidine rings is 1. The molecule has 1 aromatic rings. The molecule has 2 fully saturated rings. The van der Waals surface area contributed by atoms with E-state index in [1.54, 1.807) is 0 Å². The van der Waals surface area contributed by atoms with Crippen molar-refractivity contribution in [2.75, 3.05) is 18.0 Å². The van der Waals surface area contributed by atoms with Crippen LogP contribution < -0.4 is 10.4 Å². The summed E-state index contributed by atoms with van der Waals surface area (Å²) in [5.41, 5.74) is 1.65. The maximum atomic E-state index is 9.70. The molecule has 0 aliphatic carbocycles. The first-order chi connectivity index (χ1) is 11.2. The number of anilines is 1. The normalized spacial score (nSPS) is 23.3. The monoisotopic (exact) mass is 328 g/mol. The maximum Gasteiger partial charge on any atom is 0.494 e. The Hall–Kier alpha value is -1.55. The topological polar surface area (TPSA) is 65.7 Å². The van der Waals surface area contributed by atoms with E-state index in [4.69, 9.17) is 9.31 Å². The second kappa shape index (κ2) is 6.07.